The molecule has 0 radical (unpaired) electrons. The van der Waals surface area contributed by atoms with Crippen molar-refractivity contribution in [1.29, 1.82) is 0 Å². The molecule has 2 unspecified atom stereocenters. The minimum atomic E-state index is -4.30. The monoisotopic (exact) mass is 245 g/mol. The lowest BCUT2D eigenvalue weighted by Crippen LogP contribution is -2.19. The number of rotatable bonds is 2. The molecule has 0 aromatic heterocycles. The van der Waals surface area contributed by atoms with E-state index in [0.29, 0.717) is 18.5 Å². The zero-order valence-electron chi connectivity index (χ0n) is 9.42. The standard InChI is InChI=1S/C12H14F3NO/c1-17-8-6-11(16-7-8)9-4-2-3-5-10(9)12(13,14)15/h2-5,8,11,16H,6-7H2,1H3. The van der Waals surface area contributed by atoms with Crippen molar-refractivity contribution in [2.75, 3.05) is 13.7 Å². The molecule has 1 heterocycles. The van der Waals surface area contributed by atoms with Crippen molar-refractivity contribution >= 4 is 0 Å². The maximum Gasteiger partial charge on any atom is 0.416 e. The Bertz CT molecular complexity index is 392. The number of nitrogens with one attached hydrogen (secondary N) is 1. The van der Waals surface area contributed by atoms with Gasteiger partial charge in [0, 0.05) is 19.7 Å². The Morgan fingerprint density at radius 3 is 2.59 bits per heavy atom. The third-order valence-electron chi connectivity index (χ3n) is 3.07. The zero-order chi connectivity index (χ0) is 12.5. The van der Waals surface area contributed by atoms with Crippen molar-refractivity contribution < 1.29 is 17.9 Å². The number of ether oxygens (including phenoxy) is 1. The molecule has 1 aliphatic rings. The Morgan fingerprint density at radius 2 is 2.00 bits per heavy atom. The maximum atomic E-state index is 12.8. The minimum Gasteiger partial charge on any atom is -0.380 e. The molecule has 0 aliphatic carbocycles. The molecule has 1 aromatic rings. The first kappa shape index (κ1) is 12.4. The Morgan fingerprint density at radius 1 is 1.29 bits per heavy atom. The van der Waals surface area contributed by atoms with Crippen LogP contribution in [0.3, 0.4) is 0 Å². The van der Waals surface area contributed by atoms with Gasteiger partial charge in [-0.25, -0.2) is 0 Å². The van der Waals surface area contributed by atoms with Gasteiger partial charge in [-0.05, 0) is 18.1 Å². The molecule has 2 rings (SSSR count). The second kappa shape index (κ2) is 4.66. The highest BCUT2D eigenvalue weighted by Crippen LogP contribution is 2.37. The van der Waals surface area contributed by atoms with Crippen LogP contribution in [0.5, 0.6) is 0 Å². The highest BCUT2D eigenvalue weighted by Gasteiger charge is 2.36. The Balaban J connectivity index is 2.27. The Labute approximate surface area is 97.8 Å². The predicted octanol–water partition coefficient (Wildman–Crippen LogP) is 2.75. The molecule has 0 bridgehead atoms. The molecular weight excluding hydrogens is 231 g/mol. The van der Waals surface area contributed by atoms with E-state index in [1.165, 1.54) is 12.1 Å². The summed E-state index contributed by atoms with van der Waals surface area (Å²) < 4.78 is 43.6. The first-order valence-electron chi connectivity index (χ1n) is 5.44. The van der Waals surface area contributed by atoms with Crippen LogP contribution in [0.4, 0.5) is 13.2 Å². The lowest BCUT2D eigenvalue weighted by molar-refractivity contribution is -0.138. The van der Waals surface area contributed by atoms with E-state index >= 15 is 0 Å². The summed E-state index contributed by atoms with van der Waals surface area (Å²) in [5.41, 5.74) is -0.256. The van der Waals surface area contributed by atoms with Crippen LogP contribution < -0.4 is 5.32 Å². The fourth-order valence-corrected chi connectivity index (χ4v) is 2.18. The molecule has 0 amide bonds. The highest BCUT2D eigenvalue weighted by molar-refractivity contribution is 5.33. The number of methoxy groups -OCH3 is 1. The van der Waals surface area contributed by atoms with Crippen molar-refractivity contribution in [2.45, 2.75) is 24.7 Å². The van der Waals surface area contributed by atoms with Crippen LogP contribution in [0.2, 0.25) is 0 Å². The van der Waals surface area contributed by atoms with Gasteiger partial charge in [-0.3, -0.25) is 0 Å². The van der Waals surface area contributed by atoms with Gasteiger partial charge in [-0.2, -0.15) is 13.2 Å². The van der Waals surface area contributed by atoms with E-state index in [1.54, 1.807) is 13.2 Å². The van der Waals surface area contributed by atoms with E-state index in [2.05, 4.69) is 5.32 Å². The summed E-state index contributed by atoms with van der Waals surface area (Å²) in [7, 11) is 1.57. The van der Waals surface area contributed by atoms with Gasteiger partial charge in [-0.15, -0.1) is 0 Å². The largest absolute Gasteiger partial charge is 0.416 e. The highest BCUT2D eigenvalue weighted by atomic mass is 19.4. The third-order valence-corrected chi connectivity index (χ3v) is 3.07. The number of hydrogen-bond acceptors (Lipinski definition) is 2. The van der Waals surface area contributed by atoms with E-state index in [-0.39, 0.29) is 12.1 Å². The molecule has 94 valence electrons. The molecule has 1 aliphatic heterocycles. The van der Waals surface area contributed by atoms with Crippen molar-refractivity contribution in [3.63, 3.8) is 0 Å². The van der Waals surface area contributed by atoms with Crippen LogP contribution in [0.15, 0.2) is 24.3 Å². The van der Waals surface area contributed by atoms with Gasteiger partial charge in [0.15, 0.2) is 0 Å². The second-order valence-electron chi connectivity index (χ2n) is 4.14. The summed E-state index contributed by atoms with van der Waals surface area (Å²) >= 11 is 0. The van der Waals surface area contributed by atoms with Crippen LogP contribution in [-0.4, -0.2) is 19.8 Å². The number of benzene rings is 1. The van der Waals surface area contributed by atoms with Gasteiger partial charge in [0.2, 0.25) is 0 Å². The summed E-state index contributed by atoms with van der Waals surface area (Å²) in [5, 5.41) is 3.06. The van der Waals surface area contributed by atoms with Crippen molar-refractivity contribution in [1.82, 2.24) is 5.32 Å². The van der Waals surface area contributed by atoms with E-state index in [9.17, 15) is 13.2 Å². The smallest absolute Gasteiger partial charge is 0.380 e. The fraction of sp³-hybridized carbons (Fsp3) is 0.500. The summed E-state index contributed by atoms with van der Waals surface area (Å²) in [6, 6.07) is 5.41. The first-order valence-corrected chi connectivity index (χ1v) is 5.44. The lowest BCUT2D eigenvalue weighted by Gasteiger charge is -2.17. The Hall–Kier alpha value is -1.07. The zero-order valence-corrected chi connectivity index (χ0v) is 9.42. The van der Waals surface area contributed by atoms with E-state index in [0.717, 1.165) is 6.07 Å². The summed E-state index contributed by atoms with van der Waals surface area (Å²) in [5.74, 6) is 0. The van der Waals surface area contributed by atoms with Gasteiger partial charge in [0.25, 0.3) is 0 Å². The SMILES string of the molecule is COC1CNC(c2ccccc2C(F)(F)F)C1. The van der Waals surface area contributed by atoms with Crippen LogP contribution in [0.1, 0.15) is 23.6 Å². The van der Waals surface area contributed by atoms with Crippen LogP contribution in [-0.2, 0) is 10.9 Å². The van der Waals surface area contributed by atoms with Crippen LogP contribution >= 0.6 is 0 Å². The predicted molar refractivity (Wildman–Crippen MR) is 57.6 cm³/mol. The normalized spacial score (nSPS) is 25.2. The molecule has 0 saturated carbocycles. The third kappa shape index (κ3) is 2.61. The van der Waals surface area contributed by atoms with E-state index in [1.807, 2.05) is 0 Å². The summed E-state index contributed by atoms with van der Waals surface area (Å²) in [4.78, 5) is 0. The van der Waals surface area contributed by atoms with E-state index in [4.69, 9.17) is 4.74 Å². The quantitative estimate of drug-likeness (QED) is 0.865. The molecule has 1 aromatic carbocycles. The van der Waals surface area contributed by atoms with E-state index < -0.39 is 11.7 Å². The van der Waals surface area contributed by atoms with Crippen molar-refractivity contribution in [2.24, 2.45) is 0 Å². The first-order chi connectivity index (χ1) is 8.02. The summed E-state index contributed by atoms with van der Waals surface area (Å²) in [6.07, 6.45) is -3.74. The molecule has 17 heavy (non-hydrogen) atoms. The fourth-order valence-electron chi connectivity index (χ4n) is 2.18. The summed E-state index contributed by atoms with van der Waals surface area (Å²) in [6.45, 7) is 0.591. The van der Waals surface area contributed by atoms with Gasteiger partial charge in [-0.1, -0.05) is 18.2 Å². The molecular formula is C12H14F3NO. The molecule has 2 atom stereocenters. The minimum absolute atomic E-state index is 0.0127. The second-order valence-corrected chi connectivity index (χ2v) is 4.14. The van der Waals surface area contributed by atoms with Crippen LogP contribution in [0, 0.1) is 0 Å². The topological polar surface area (TPSA) is 21.3 Å². The van der Waals surface area contributed by atoms with Gasteiger partial charge in [0.1, 0.15) is 0 Å². The lowest BCUT2D eigenvalue weighted by atomic mass is 9.98. The molecule has 1 saturated heterocycles. The van der Waals surface area contributed by atoms with Gasteiger partial charge in [0.05, 0.1) is 11.7 Å². The number of hydrogen-bond donors (Lipinski definition) is 1. The van der Waals surface area contributed by atoms with Gasteiger partial charge >= 0.3 is 6.18 Å². The molecule has 1 fully saturated rings. The molecule has 5 heteroatoms. The molecule has 1 N–H and O–H groups in total. The molecule has 2 nitrogen and oxygen atoms in total. The number of halogens is 3. The average molecular weight is 245 g/mol. The van der Waals surface area contributed by atoms with Gasteiger partial charge < -0.3 is 10.1 Å². The van der Waals surface area contributed by atoms with Crippen molar-refractivity contribution in [3.05, 3.63) is 35.4 Å². The van der Waals surface area contributed by atoms with Crippen LogP contribution in [0.25, 0.3) is 0 Å². The average Bonchev–Trinajstić information content (AvgIpc) is 2.76. The maximum absolute atomic E-state index is 12.8. The Kier molecular flexibility index (Phi) is 3.40. The molecule has 0 spiro atoms. The number of alkyl halides is 3. The van der Waals surface area contributed by atoms with Crippen molar-refractivity contribution in [3.8, 4) is 0 Å².